The molecule has 1 spiro atoms. The largest absolute Gasteiger partial charge is 0.493 e. The number of ether oxygens (including phenoxy) is 2. The van der Waals surface area contributed by atoms with Gasteiger partial charge in [0.2, 0.25) is 0 Å². The molecule has 0 amide bonds. The molecule has 0 saturated heterocycles. The number of hydrogen-bond donors (Lipinski definition) is 2. The number of hydrogen-bond acceptors (Lipinski definition) is 6. The lowest BCUT2D eigenvalue weighted by molar-refractivity contribution is 0.192. The van der Waals surface area contributed by atoms with Gasteiger partial charge in [0, 0.05) is 17.8 Å². The highest BCUT2D eigenvalue weighted by Crippen LogP contribution is 2.54. The van der Waals surface area contributed by atoms with Crippen molar-refractivity contribution in [1.29, 1.82) is 0 Å². The van der Waals surface area contributed by atoms with Crippen molar-refractivity contribution >= 4 is 10.0 Å². The minimum atomic E-state index is -3.70. The average molecular weight is 454 g/mol. The van der Waals surface area contributed by atoms with E-state index in [0.29, 0.717) is 5.70 Å². The second-order valence-electron chi connectivity index (χ2n) is 8.70. The summed E-state index contributed by atoms with van der Waals surface area (Å²) in [6.07, 6.45) is 6.67. The molecule has 2 aliphatic heterocycles. The number of nitrogens with zero attached hydrogens (tertiary/aromatic N) is 1. The van der Waals surface area contributed by atoms with Gasteiger partial charge in [-0.3, -0.25) is 0 Å². The van der Waals surface area contributed by atoms with Crippen LogP contribution in [0.5, 0.6) is 11.5 Å². The summed E-state index contributed by atoms with van der Waals surface area (Å²) in [6, 6.07) is 10.8. The Bertz CT molecular complexity index is 1220. The molecule has 0 saturated carbocycles. The normalized spacial score (nSPS) is 24.1. The van der Waals surface area contributed by atoms with Gasteiger partial charge in [-0.1, -0.05) is 29.8 Å². The van der Waals surface area contributed by atoms with E-state index >= 15 is 0 Å². The van der Waals surface area contributed by atoms with Crippen LogP contribution in [0.2, 0.25) is 0 Å². The van der Waals surface area contributed by atoms with E-state index in [1.54, 1.807) is 31.4 Å². The molecule has 0 radical (unpaired) electrons. The third-order valence-electron chi connectivity index (χ3n) is 6.55. The Morgan fingerprint density at radius 2 is 1.97 bits per heavy atom. The van der Waals surface area contributed by atoms with Crippen molar-refractivity contribution in [3.05, 3.63) is 77.0 Å². The van der Waals surface area contributed by atoms with Gasteiger partial charge in [0.25, 0.3) is 10.0 Å². The number of methoxy groups -OCH3 is 1. The van der Waals surface area contributed by atoms with Crippen molar-refractivity contribution < 1.29 is 17.9 Å². The lowest BCUT2D eigenvalue weighted by Gasteiger charge is -2.33. The van der Waals surface area contributed by atoms with E-state index in [0.717, 1.165) is 36.6 Å². The van der Waals surface area contributed by atoms with E-state index in [-0.39, 0.29) is 16.4 Å². The molecule has 0 aromatic heterocycles. The SMILES string of the molecule is COc1ccc2c3c1OC1C=C(NNS(=O)(=O)c4ccc(C)cc4)C=CC31CCN(C)C2. The maximum Gasteiger partial charge on any atom is 0.257 e. The molecule has 5 rings (SSSR count). The van der Waals surface area contributed by atoms with Crippen molar-refractivity contribution in [3.8, 4) is 11.5 Å². The summed E-state index contributed by atoms with van der Waals surface area (Å²) in [6.45, 7) is 3.70. The molecular weight excluding hydrogens is 426 g/mol. The molecule has 0 bridgehead atoms. The van der Waals surface area contributed by atoms with Crippen molar-refractivity contribution in [2.45, 2.75) is 36.3 Å². The summed E-state index contributed by atoms with van der Waals surface area (Å²) >= 11 is 0. The molecule has 3 aliphatic rings. The molecule has 2 N–H and O–H groups in total. The van der Waals surface area contributed by atoms with E-state index in [2.05, 4.69) is 34.3 Å². The Labute approximate surface area is 188 Å². The van der Waals surface area contributed by atoms with E-state index in [9.17, 15) is 8.42 Å². The zero-order chi connectivity index (χ0) is 22.5. The molecule has 1 aliphatic carbocycles. The van der Waals surface area contributed by atoms with E-state index < -0.39 is 10.0 Å². The van der Waals surface area contributed by atoms with Gasteiger partial charge in [0.1, 0.15) is 6.10 Å². The van der Waals surface area contributed by atoms with Crippen LogP contribution in [0.15, 0.2) is 65.2 Å². The predicted molar refractivity (Wildman–Crippen MR) is 122 cm³/mol. The van der Waals surface area contributed by atoms with Gasteiger partial charge in [0.05, 0.1) is 17.4 Å². The Morgan fingerprint density at radius 3 is 2.72 bits per heavy atom. The maximum absolute atomic E-state index is 12.7. The first-order valence-electron chi connectivity index (χ1n) is 10.6. The standard InChI is InChI=1S/C24H27N3O4S/c1-16-4-7-19(8-5-16)32(28,29)26-25-18-10-11-24-12-13-27(2)15-17-6-9-20(30-3)23(22(17)24)31-21(24)14-18/h4-11,14,21,25-26H,12-13,15H2,1-3H3. The zero-order valence-corrected chi connectivity index (χ0v) is 19.2. The molecular formula is C24H27N3O4S. The fourth-order valence-electron chi connectivity index (χ4n) is 4.80. The number of benzene rings is 2. The van der Waals surface area contributed by atoms with Crippen LogP contribution in [0, 0.1) is 6.92 Å². The predicted octanol–water partition coefficient (Wildman–Crippen LogP) is 2.77. The Hall–Kier alpha value is -2.81. The number of nitrogens with one attached hydrogen (secondary N) is 2. The summed E-state index contributed by atoms with van der Waals surface area (Å²) in [5.74, 6) is 1.51. The molecule has 168 valence electrons. The second-order valence-corrected chi connectivity index (χ2v) is 10.4. The minimum absolute atomic E-state index is 0.207. The van der Waals surface area contributed by atoms with Crippen molar-refractivity contribution in [2.24, 2.45) is 0 Å². The summed E-state index contributed by atoms with van der Waals surface area (Å²) in [7, 11) is 0.0792. The lowest BCUT2D eigenvalue weighted by atomic mass is 9.71. The third kappa shape index (κ3) is 3.39. The lowest BCUT2D eigenvalue weighted by Crippen LogP contribution is -2.42. The molecule has 2 atom stereocenters. The van der Waals surface area contributed by atoms with Crippen LogP contribution in [0.4, 0.5) is 0 Å². The van der Waals surface area contributed by atoms with Gasteiger partial charge < -0.3 is 19.8 Å². The van der Waals surface area contributed by atoms with E-state index in [4.69, 9.17) is 9.47 Å². The molecule has 7 nitrogen and oxygen atoms in total. The Balaban J connectivity index is 1.43. The molecule has 8 heteroatoms. The van der Waals surface area contributed by atoms with Gasteiger partial charge in [-0.2, -0.15) is 0 Å². The smallest absolute Gasteiger partial charge is 0.257 e. The summed E-state index contributed by atoms with van der Waals surface area (Å²) in [5, 5.41) is 0. The van der Waals surface area contributed by atoms with Gasteiger partial charge >= 0.3 is 0 Å². The average Bonchev–Trinajstić information content (AvgIpc) is 3.04. The minimum Gasteiger partial charge on any atom is -0.493 e. The first-order valence-corrected chi connectivity index (χ1v) is 12.1. The monoisotopic (exact) mass is 453 g/mol. The van der Waals surface area contributed by atoms with Gasteiger partial charge in [-0.15, -0.1) is 4.83 Å². The third-order valence-corrected chi connectivity index (χ3v) is 7.81. The van der Waals surface area contributed by atoms with Crippen LogP contribution in [0.3, 0.4) is 0 Å². The molecule has 32 heavy (non-hydrogen) atoms. The number of aryl methyl sites for hydroxylation is 1. The fourth-order valence-corrected chi connectivity index (χ4v) is 5.66. The molecule has 2 aromatic carbocycles. The first kappa shape index (κ1) is 21.1. The second kappa shape index (κ2) is 7.65. The topological polar surface area (TPSA) is 79.9 Å². The van der Waals surface area contributed by atoms with Crippen LogP contribution >= 0.6 is 0 Å². The molecule has 2 unspecified atom stereocenters. The van der Waals surface area contributed by atoms with Crippen LogP contribution < -0.4 is 19.7 Å². The number of hydrazine groups is 1. The van der Waals surface area contributed by atoms with E-state index in [1.165, 1.54) is 11.1 Å². The van der Waals surface area contributed by atoms with Crippen LogP contribution in [-0.2, 0) is 22.0 Å². The first-order chi connectivity index (χ1) is 15.3. The fraction of sp³-hybridized carbons (Fsp3) is 0.333. The number of allylic oxidation sites excluding steroid dienone is 1. The highest BCUT2D eigenvalue weighted by atomic mass is 32.2. The highest BCUT2D eigenvalue weighted by Gasteiger charge is 2.51. The quantitative estimate of drug-likeness (QED) is 0.678. The van der Waals surface area contributed by atoms with Crippen LogP contribution in [0.1, 0.15) is 23.1 Å². The van der Waals surface area contributed by atoms with Gasteiger partial charge in [-0.05, 0) is 62.9 Å². The number of sulfonamides is 1. The summed E-state index contributed by atoms with van der Waals surface area (Å²) in [4.78, 5) is 5.00. The highest BCUT2D eigenvalue weighted by molar-refractivity contribution is 7.89. The maximum atomic E-state index is 12.7. The van der Waals surface area contributed by atoms with Crippen molar-refractivity contribution in [2.75, 3.05) is 20.7 Å². The zero-order valence-electron chi connectivity index (χ0n) is 18.4. The molecule has 0 fully saturated rings. The van der Waals surface area contributed by atoms with Gasteiger partial charge in [-0.25, -0.2) is 8.42 Å². The summed E-state index contributed by atoms with van der Waals surface area (Å²) in [5.41, 5.74) is 6.61. The van der Waals surface area contributed by atoms with Crippen LogP contribution in [-0.4, -0.2) is 40.1 Å². The van der Waals surface area contributed by atoms with Crippen molar-refractivity contribution in [1.82, 2.24) is 15.2 Å². The van der Waals surface area contributed by atoms with E-state index in [1.807, 2.05) is 25.1 Å². The van der Waals surface area contributed by atoms with Gasteiger partial charge in [0.15, 0.2) is 11.5 Å². The molecule has 2 aromatic rings. The van der Waals surface area contributed by atoms with Crippen LogP contribution in [0.25, 0.3) is 0 Å². The van der Waals surface area contributed by atoms with Crippen molar-refractivity contribution in [3.63, 3.8) is 0 Å². The Morgan fingerprint density at radius 1 is 1.19 bits per heavy atom. The molecule has 2 heterocycles. The summed E-state index contributed by atoms with van der Waals surface area (Å²) < 4.78 is 37.3. The Kier molecular flexibility index (Phi) is 5.03. The number of rotatable bonds is 5.